The van der Waals surface area contributed by atoms with Crippen molar-refractivity contribution in [3.8, 4) is 0 Å². The van der Waals surface area contributed by atoms with Crippen LogP contribution in [0.5, 0.6) is 0 Å². The van der Waals surface area contributed by atoms with E-state index in [0.717, 1.165) is 15.9 Å². The Balaban J connectivity index is 2.28. The van der Waals surface area contributed by atoms with Crippen LogP contribution < -0.4 is 5.32 Å². The van der Waals surface area contributed by atoms with Gasteiger partial charge >= 0.3 is 0 Å². The van der Waals surface area contributed by atoms with Gasteiger partial charge in [0.15, 0.2) is 0 Å². The van der Waals surface area contributed by atoms with Crippen molar-refractivity contribution in [2.24, 2.45) is 0 Å². The number of aliphatic hydroxyl groups is 1. The zero-order valence-corrected chi connectivity index (χ0v) is 9.91. The maximum Gasteiger partial charge on any atom is 0.0843 e. The van der Waals surface area contributed by atoms with Gasteiger partial charge in [-0.25, -0.2) is 0 Å². The van der Waals surface area contributed by atoms with Crippen molar-refractivity contribution in [3.63, 3.8) is 0 Å². The quantitative estimate of drug-likeness (QED) is 0.854. The Morgan fingerprint density at radius 2 is 2.25 bits per heavy atom. The van der Waals surface area contributed by atoms with Gasteiger partial charge in [0.1, 0.15) is 0 Å². The molecule has 2 N–H and O–H groups in total. The molecule has 4 heteroatoms. The Morgan fingerprint density at radius 1 is 1.44 bits per heavy atom. The second kappa shape index (κ2) is 4.87. The first kappa shape index (κ1) is 11.5. The van der Waals surface area contributed by atoms with E-state index in [0.29, 0.717) is 13.1 Å². The molecule has 0 amide bonds. The molecular weight excluding hydrogens is 224 g/mol. The predicted molar refractivity (Wildman–Crippen MR) is 66.9 cm³/mol. The van der Waals surface area contributed by atoms with E-state index in [1.165, 1.54) is 0 Å². The highest BCUT2D eigenvalue weighted by molar-refractivity contribution is 6.35. The summed E-state index contributed by atoms with van der Waals surface area (Å²) in [6.45, 7) is 1.16. The Labute approximate surface area is 99.6 Å². The number of aromatic nitrogens is 1. The molecule has 1 unspecified atom stereocenters. The van der Waals surface area contributed by atoms with Crippen LogP contribution in [0.2, 0.25) is 5.02 Å². The van der Waals surface area contributed by atoms with Crippen LogP contribution in [0.4, 0.5) is 0 Å². The molecule has 0 aliphatic heterocycles. The first-order valence-electron chi connectivity index (χ1n) is 5.28. The number of benzene rings is 1. The fourth-order valence-corrected chi connectivity index (χ4v) is 2.10. The van der Waals surface area contributed by atoms with E-state index in [4.69, 9.17) is 11.6 Å². The molecule has 86 valence electrons. The lowest BCUT2D eigenvalue weighted by Crippen LogP contribution is -2.27. The molecular formula is C12H15ClN2O. The molecule has 0 radical (unpaired) electrons. The Bertz CT molecular complexity index is 481. The molecule has 0 spiro atoms. The second-order valence-electron chi connectivity index (χ2n) is 3.85. The van der Waals surface area contributed by atoms with Crippen molar-refractivity contribution in [1.82, 2.24) is 9.88 Å². The number of hydrogen-bond acceptors (Lipinski definition) is 2. The van der Waals surface area contributed by atoms with Crippen LogP contribution in [0.3, 0.4) is 0 Å². The second-order valence-corrected chi connectivity index (χ2v) is 4.26. The zero-order chi connectivity index (χ0) is 11.5. The number of fused-ring (bicyclic) bond motifs is 1. The monoisotopic (exact) mass is 238 g/mol. The summed E-state index contributed by atoms with van der Waals surface area (Å²) in [6, 6.07) is 7.78. The third-order valence-corrected chi connectivity index (χ3v) is 2.94. The van der Waals surface area contributed by atoms with Gasteiger partial charge in [0, 0.05) is 35.2 Å². The maximum atomic E-state index is 9.73. The third kappa shape index (κ3) is 2.21. The van der Waals surface area contributed by atoms with Gasteiger partial charge in [0.25, 0.3) is 0 Å². The molecule has 2 aromatic rings. The van der Waals surface area contributed by atoms with Gasteiger partial charge < -0.3 is 15.0 Å². The van der Waals surface area contributed by atoms with Gasteiger partial charge in [0.2, 0.25) is 0 Å². The van der Waals surface area contributed by atoms with Gasteiger partial charge in [-0.2, -0.15) is 0 Å². The summed E-state index contributed by atoms with van der Waals surface area (Å²) in [4.78, 5) is 0. The van der Waals surface area contributed by atoms with E-state index in [9.17, 15) is 5.11 Å². The third-order valence-electron chi connectivity index (χ3n) is 2.61. The van der Waals surface area contributed by atoms with Crippen LogP contribution in [0.15, 0.2) is 30.5 Å². The Hall–Kier alpha value is -1.03. The fraction of sp³-hybridized carbons (Fsp3) is 0.333. The highest BCUT2D eigenvalue weighted by Crippen LogP contribution is 2.24. The fourth-order valence-electron chi connectivity index (χ4n) is 1.87. The zero-order valence-electron chi connectivity index (χ0n) is 9.15. The number of likely N-dealkylation sites (N-methyl/N-ethyl adjacent to an activating group) is 1. The Morgan fingerprint density at radius 3 is 3.00 bits per heavy atom. The van der Waals surface area contributed by atoms with E-state index < -0.39 is 0 Å². The summed E-state index contributed by atoms with van der Waals surface area (Å²) in [5, 5.41) is 14.5. The van der Waals surface area contributed by atoms with E-state index in [1.54, 1.807) is 0 Å². The minimum absolute atomic E-state index is 0.389. The number of aliphatic hydroxyl groups excluding tert-OH is 1. The summed E-state index contributed by atoms with van der Waals surface area (Å²) in [5.74, 6) is 0. The predicted octanol–water partition coefficient (Wildman–Crippen LogP) is 1.87. The largest absolute Gasteiger partial charge is 0.390 e. The van der Waals surface area contributed by atoms with E-state index in [-0.39, 0.29) is 6.10 Å². The summed E-state index contributed by atoms with van der Waals surface area (Å²) in [7, 11) is 1.83. The first-order chi connectivity index (χ1) is 7.72. The maximum absolute atomic E-state index is 9.73. The molecule has 0 bridgehead atoms. The van der Waals surface area contributed by atoms with Crippen LogP contribution in [-0.4, -0.2) is 29.4 Å². The highest BCUT2D eigenvalue weighted by Gasteiger charge is 2.07. The van der Waals surface area contributed by atoms with Gasteiger partial charge in [-0.05, 0) is 25.2 Å². The standard InChI is InChI=1S/C12H15ClN2O/c1-14-7-9(16)8-15-6-5-10-11(13)3-2-4-12(10)15/h2-6,9,14,16H,7-8H2,1H3. The lowest BCUT2D eigenvalue weighted by Gasteiger charge is -2.12. The van der Waals surface area contributed by atoms with Crippen molar-refractivity contribution in [2.75, 3.05) is 13.6 Å². The van der Waals surface area contributed by atoms with E-state index >= 15 is 0 Å². The molecule has 16 heavy (non-hydrogen) atoms. The molecule has 1 heterocycles. The molecule has 0 saturated heterocycles. The van der Waals surface area contributed by atoms with E-state index in [1.807, 2.05) is 42.1 Å². The van der Waals surface area contributed by atoms with Crippen LogP contribution in [-0.2, 0) is 6.54 Å². The minimum Gasteiger partial charge on any atom is -0.390 e. The number of halogens is 1. The molecule has 1 atom stereocenters. The van der Waals surface area contributed by atoms with E-state index in [2.05, 4.69) is 5.32 Å². The number of nitrogens with one attached hydrogen (secondary N) is 1. The lowest BCUT2D eigenvalue weighted by atomic mass is 10.2. The number of nitrogens with zero attached hydrogens (tertiary/aromatic N) is 1. The average molecular weight is 239 g/mol. The average Bonchev–Trinajstić information content (AvgIpc) is 2.64. The molecule has 3 nitrogen and oxygen atoms in total. The smallest absolute Gasteiger partial charge is 0.0843 e. The van der Waals surface area contributed by atoms with Crippen LogP contribution in [0.25, 0.3) is 10.9 Å². The molecule has 0 aliphatic rings. The van der Waals surface area contributed by atoms with Crippen molar-refractivity contribution in [3.05, 3.63) is 35.5 Å². The lowest BCUT2D eigenvalue weighted by molar-refractivity contribution is 0.155. The molecule has 0 fully saturated rings. The Kier molecular flexibility index (Phi) is 3.49. The topological polar surface area (TPSA) is 37.2 Å². The summed E-state index contributed by atoms with van der Waals surface area (Å²) < 4.78 is 2.02. The molecule has 0 aliphatic carbocycles. The number of rotatable bonds is 4. The SMILES string of the molecule is CNCC(O)Cn1ccc2c(Cl)cccc21. The van der Waals surface area contributed by atoms with Crippen molar-refractivity contribution in [1.29, 1.82) is 0 Å². The van der Waals surface area contributed by atoms with Crippen LogP contribution >= 0.6 is 11.6 Å². The van der Waals surface area contributed by atoms with Crippen molar-refractivity contribution in [2.45, 2.75) is 12.6 Å². The summed E-state index contributed by atoms with van der Waals surface area (Å²) in [6.07, 6.45) is 1.56. The van der Waals surface area contributed by atoms with Gasteiger partial charge in [-0.1, -0.05) is 17.7 Å². The highest BCUT2D eigenvalue weighted by atomic mass is 35.5. The summed E-state index contributed by atoms with van der Waals surface area (Å²) >= 11 is 6.08. The van der Waals surface area contributed by atoms with Crippen LogP contribution in [0, 0.1) is 0 Å². The van der Waals surface area contributed by atoms with Crippen LogP contribution in [0.1, 0.15) is 0 Å². The molecule has 1 aromatic carbocycles. The van der Waals surface area contributed by atoms with Gasteiger partial charge in [-0.3, -0.25) is 0 Å². The summed E-state index contributed by atoms with van der Waals surface area (Å²) in [5.41, 5.74) is 1.06. The molecule has 0 saturated carbocycles. The van der Waals surface area contributed by atoms with Crippen molar-refractivity contribution >= 4 is 22.5 Å². The molecule has 2 rings (SSSR count). The molecule has 1 aromatic heterocycles. The normalized spacial score (nSPS) is 13.2. The first-order valence-corrected chi connectivity index (χ1v) is 5.66. The van der Waals surface area contributed by atoms with Gasteiger partial charge in [-0.15, -0.1) is 0 Å². The van der Waals surface area contributed by atoms with Crippen molar-refractivity contribution < 1.29 is 5.11 Å². The van der Waals surface area contributed by atoms with Gasteiger partial charge in [0.05, 0.1) is 6.10 Å². The minimum atomic E-state index is -0.389. The number of hydrogen-bond donors (Lipinski definition) is 2.